The number of amides is 1. The lowest BCUT2D eigenvalue weighted by Gasteiger charge is -2.33. The monoisotopic (exact) mass is 294 g/mol. The van der Waals surface area contributed by atoms with Crippen LogP contribution < -0.4 is 10.9 Å². The molecule has 2 rings (SSSR count). The number of hydrogen-bond acceptors (Lipinski definition) is 5. The van der Waals surface area contributed by atoms with Crippen molar-refractivity contribution in [3.05, 3.63) is 28.2 Å². The molecule has 1 aromatic heterocycles. The molecule has 1 unspecified atom stereocenters. The predicted octanol–water partition coefficient (Wildman–Crippen LogP) is -0.143. The first kappa shape index (κ1) is 15.7. The van der Waals surface area contributed by atoms with Crippen LogP contribution in [0, 0.1) is 5.92 Å². The Morgan fingerprint density at radius 3 is 3.05 bits per heavy atom. The van der Waals surface area contributed by atoms with Crippen LogP contribution in [0.5, 0.6) is 0 Å². The normalized spacial score (nSPS) is 19.7. The van der Waals surface area contributed by atoms with Crippen molar-refractivity contribution < 1.29 is 9.53 Å². The third-order valence-corrected chi connectivity index (χ3v) is 3.25. The Morgan fingerprint density at radius 1 is 1.57 bits per heavy atom. The van der Waals surface area contributed by atoms with Crippen LogP contribution >= 0.6 is 0 Å². The highest BCUT2D eigenvalue weighted by molar-refractivity contribution is 5.91. The molecule has 2 heterocycles. The number of aromatic amines is 1. The van der Waals surface area contributed by atoms with Crippen molar-refractivity contribution in [3.8, 4) is 0 Å². The zero-order valence-electron chi connectivity index (χ0n) is 12.5. The molecule has 21 heavy (non-hydrogen) atoms. The zero-order chi connectivity index (χ0) is 15.2. The van der Waals surface area contributed by atoms with E-state index in [9.17, 15) is 9.59 Å². The maximum atomic E-state index is 11.9. The number of aromatic nitrogens is 2. The molecule has 116 valence electrons. The van der Waals surface area contributed by atoms with E-state index in [4.69, 9.17) is 4.74 Å². The van der Waals surface area contributed by atoms with Crippen LogP contribution in [0.2, 0.25) is 0 Å². The van der Waals surface area contributed by atoms with E-state index in [1.54, 1.807) is 0 Å². The van der Waals surface area contributed by atoms with Crippen molar-refractivity contribution in [2.45, 2.75) is 20.0 Å². The smallest absolute Gasteiger partial charge is 0.271 e. The summed E-state index contributed by atoms with van der Waals surface area (Å²) < 4.78 is 5.66. The lowest BCUT2D eigenvalue weighted by molar-refractivity contribution is -0.0295. The van der Waals surface area contributed by atoms with Gasteiger partial charge in [0.1, 0.15) is 5.69 Å². The Labute approximate surface area is 123 Å². The Morgan fingerprint density at radius 2 is 2.38 bits per heavy atom. The number of rotatable bonds is 5. The molecule has 7 heteroatoms. The van der Waals surface area contributed by atoms with Gasteiger partial charge in [-0.2, -0.15) is 5.10 Å². The Kier molecular flexibility index (Phi) is 5.46. The SMILES string of the molecule is CC(C)CN1CCOC(CNC(=O)c2ccc(=O)[nH]n2)C1. The highest BCUT2D eigenvalue weighted by Crippen LogP contribution is 2.07. The summed E-state index contributed by atoms with van der Waals surface area (Å²) in [4.78, 5) is 25.1. The molecule has 2 N–H and O–H groups in total. The summed E-state index contributed by atoms with van der Waals surface area (Å²) in [5, 5.41) is 8.72. The number of carbonyl (C=O) groups is 1. The van der Waals surface area contributed by atoms with Gasteiger partial charge in [0.25, 0.3) is 11.5 Å². The maximum Gasteiger partial charge on any atom is 0.271 e. The van der Waals surface area contributed by atoms with Gasteiger partial charge in [0, 0.05) is 32.2 Å². The van der Waals surface area contributed by atoms with Crippen molar-refractivity contribution in [2.75, 3.05) is 32.8 Å². The first-order chi connectivity index (χ1) is 10.0. The molecule has 1 aliphatic heterocycles. The first-order valence-electron chi connectivity index (χ1n) is 7.22. The molecule has 0 bridgehead atoms. The summed E-state index contributed by atoms with van der Waals surface area (Å²) >= 11 is 0. The van der Waals surface area contributed by atoms with Crippen LogP contribution in [-0.2, 0) is 4.74 Å². The van der Waals surface area contributed by atoms with Crippen LogP contribution in [0.15, 0.2) is 16.9 Å². The molecular weight excluding hydrogens is 272 g/mol. The maximum absolute atomic E-state index is 11.9. The van der Waals surface area contributed by atoms with Crippen LogP contribution in [0.4, 0.5) is 0 Å². The standard InChI is InChI=1S/C14H22N4O3/c1-10(2)8-18-5-6-21-11(9-18)7-15-14(20)12-3-4-13(19)17-16-12/h3-4,10-11H,5-9H2,1-2H3,(H,15,20)(H,17,19). The minimum Gasteiger partial charge on any atom is -0.374 e. The van der Waals surface area contributed by atoms with Gasteiger partial charge in [-0.3, -0.25) is 14.5 Å². The van der Waals surface area contributed by atoms with Gasteiger partial charge in [-0.1, -0.05) is 13.8 Å². The molecule has 1 aromatic rings. The van der Waals surface area contributed by atoms with E-state index in [1.807, 2.05) is 0 Å². The fourth-order valence-electron chi connectivity index (χ4n) is 2.35. The van der Waals surface area contributed by atoms with E-state index < -0.39 is 0 Å². The number of hydrogen-bond donors (Lipinski definition) is 2. The van der Waals surface area contributed by atoms with Gasteiger partial charge < -0.3 is 10.1 Å². The number of morpholine rings is 1. The van der Waals surface area contributed by atoms with Gasteiger partial charge in [-0.25, -0.2) is 5.10 Å². The van der Waals surface area contributed by atoms with Gasteiger partial charge in [0.15, 0.2) is 0 Å². The highest BCUT2D eigenvalue weighted by Gasteiger charge is 2.21. The molecule has 1 aliphatic rings. The van der Waals surface area contributed by atoms with Crippen molar-refractivity contribution in [1.82, 2.24) is 20.4 Å². The first-order valence-corrected chi connectivity index (χ1v) is 7.22. The molecule has 1 saturated heterocycles. The fraction of sp³-hybridized carbons (Fsp3) is 0.643. The summed E-state index contributed by atoms with van der Waals surface area (Å²) in [6.07, 6.45) is -0.00999. The van der Waals surface area contributed by atoms with E-state index in [1.165, 1.54) is 12.1 Å². The van der Waals surface area contributed by atoms with Gasteiger partial charge in [-0.05, 0) is 12.0 Å². The largest absolute Gasteiger partial charge is 0.374 e. The third-order valence-electron chi connectivity index (χ3n) is 3.25. The van der Waals surface area contributed by atoms with E-state index >= 15 is 0 Å². The van der Waals surface area contributed by atoms with Crippen LogP contribution in [0.3, 0.4) is 0 Å². The van der Waals surface area contributed by atoms with Crippen LogP contribution in [0.1, 0.15) is 24.3 Å². The predicted molar refractivity (Wildman–Crippen MR) is 78.2 cm³/mol. The number of H-pyrrole nitrogens is 1. The Hall–Kier alpha value is -1.73. The topological polar surface area (TPSA) is 87.3 Å². The van der Waals surface area contributed by atoms with E-state index in [0.717, 1.165) is 19.6 Å². The van der Waals surface area contributed by atoms with Crippen LogP contribution in [0.25, 0.3) is 0 Å². The number of nitrogens with one attached hydrogen (secondary N) is 2. The fourth-order valence-corrected chi connectivity index (χ4v) is 2.35. The number of carbonyl (C=O) groups excluding carboxylic acids is 1. The van der Waals surface area contributed by atoms with Crippen molar-refractivity contribution in [1.29, 1.82) is 0 Å². The van der Waals surface area contributed by atoms with E-state index in [-0.39, 0.29) is 23.3 Å². The second-order valence-electron chi connectivity index (χ2n) is 5.66. The second-order valence-corrected chi connectivity index (χ2v) is 5.66. The van der Waals surface area contributed by atoms with Crippen molar-refractivity contribution >= 4 is 5.91 Å². The second kappa shape index (κ2) is 7.33. The van der Waals surface area contributed by atoms with Crippen molar-refractivity contribution in [2.24, 2.45) is 5.92 Å². The molecule has 0 radical (unpaired) electrons. The van der Waals surface area contributed by atoms with Crippen molar-refractivity contribution in [3.63, 3.8) is 0 Å². The Balaban J connectivity index is 1.80. The summed E-state index contributed by atoms with van der Waals surface area (Å²) in [6, 6.07) is 2.68. The Bertz CT molecular complexity index is 509. The van der Waals surface area contributed by atoms with E-state index in [0.29, 0.717) is 19.1 Å². The molecule has 0 aromatic carbocycles. The summed E-state index contributed by atoms with van der Waals surface area (Å²) in [7, 11) is 0. The molecule has 1 atom stereocenters. The summed E-state index contributed by atoms with van der Waals surface area (Å²) in [5.74, 6) is 0.305. The quantitative estimate of drug-likeness (QED) is 0.789. The molecule has 1 fully saturated rings. The van der Waals surface area contributed by atoms with Gasteiger partial charge >= 0.3 is 0 Å². The molecule has 7 nitrogen and oxygen atoms in total. The summed E-state index contributed by atoms with van der Waals surface area (Å²) in [5.41, 5.74) is -0.129. The summed E-state index contributed by atoms with van der Waals surface area (Å²) in [6.45, 7) is 8.29. The highest BCUT2D eigenvalue weighted by atomic mass is 16.5. The number of nitrogens with zero attached hydrogens (tertiary/aromatic N) is 2. The molecule has 0 saturated carbocycles. The molecule has 0 aliphatic carbocycles. The number of ether oxygens (including phenoxy) is 1. The molecular formula is C14H22N4O3. The average Bonchev–Trinajstić information content (AvgIpc) is 2.45. The zero-order valence-corrected chi connectivity index (χ0v) is 12.5. The minimum atomic E-state index is -0.327. The van der Waals surface area contributed by atoms with Gasteiger partial charge in [-0.15, -0.1) is 0 Å². The average molecular weight is 294 g/mol. The third kappa shape index (κ3) is 4.95. The molecule has 0 spiro atoms. The van der Waals surface area contributed by atoms with Crippen LogP contribution in [-0.4, -0.2) is 59.9 Å². The van der Waals surface area contributed by atoms with E-state index in [2.05, 4.69) is 34.3 Å². The lowest BCUT2D eigenvalue weighted by Crippen LogP contribution is -2.48. The van der Waals surface area contributed by atoms with Gasteiger partial charge in [0.05, 0.1) is 12.7 Å². The van der Waals surface area contributed by atoms with Gasteiger partial charge in [0.2, 0.25) is 0 Å². The molecule has 1 amide bonds. The lowest BCUT2D eigenvalue weighted by atomic mass is 10.2. The minimum absolute atomic E-state index is 0.00999.